The van der Waals surface area contributed by atoms with E-state index < -0.39 is 12.2 Å². The van der Waals surface area contributed by atoms with Crippen molar-refractivity contribution < 1.29 is 19.1 Å². The molecule has 0 heterocycles. The first-order valence-electron chi connectivity index (χ1n) is 18.5. The second-order valence-corrected chi connectivity index (χ2v) is 13.2. The van der Waals surface area contributed by atoms with Gasteiger partial charge in [-0.05, 0) is 98.3 Å². The van der Waals surface area contributed by atoms with Crippen LogP contribution in [0.25, 0.3) is 0 Å². The van der Waals surface area contributed by atoms with Crippen LogP contribution >= 0.6 is 0 Å². The lowest BCUT2D eigenvalue weighted by molar-refractivity contribution is 0.153. The number of amides is 2. The number of benzene rings is 1. The summed E-state index contributed by atoms with van der Waals surface area (Å²) in [6.07, 6.45) is 28.4. The molecule has 44 heavy (non-hydrogen) atoms. The lowest BCUT2D eigenvalue weighted by Gasteiger charge is -2.36. The minimum atomic E-state index is -0.669. The van der Waals surface area contributed by atoms with Crippen molar-refractivity contribution in [3.63, 3.8) is 0 Å². The van der Waals surface area contributed by atoms with Crippen molar-refractivity contribution in [2.45, 2.75) is 174 Å². The zero-order valence-corrected chi connectivity index (χ0v) is 28.5. The molecule has 0 bridgehead atoms. The number of aryl methyl sites for hydroxylation is 1. The summed E-state index contributed by atoms with van der Waals surface area (Å²) in [6, 6.07) is 5.08. The summed E-state index contributed by atoms with van der Waals surface area (Å²) in [6.45, 7) is 5.53. The number of carbonyl (C=O) groups excluding carboxylic acids is 2. The first-order valence-corrected chi connectivity index (χ1v) is 18.5. The topological polar surface area (TPSA) is 105 Å². The van der Waals surface area contributed by atoms with E-state index in [0.717, 1.165) is 37.5 Å². The number of fused-ring (bicyclic) bond motifs is 1. The standard InChI is InChI=1S/C38H66N2O4/c1-3-5-15-21-31-25-27-36-34(24-18-12-8-10-14-20-30-44-38(40)42)32(26-28-35(36)33(31)23-16-6-4-2)22-17-11-7-9-13-19-29-43-37(39)41/h26,28,31,33H,3-25,27,29-30H2,1-2H3,(H2,39,41)(H2,40,42). The molecule has 2 amide bonds. The Kier molecular flexibility index (Phi) is 20.7. The molecule has 6 heteroatoms. The third kappa shape index (κ3) is 15.7. The molecule has 0 aromatic heterocycles. The second kappa shape index (κ2) is 24.1. The van der Waals surface area contributed by atoms with Gasteiger partial charge < -0.3 is 20.9 Å². The molecule has 6 nitrogen and oxygen atoms in total. The van der Waals surface area contributed by atoms with Gasteiger partial charge in [-0.2, -0.15) is 0 Å². The predicted octanol–water partition coefficient (Wildman–Crippen LogP) is 10.4. The van der Waals surface area contributed by atoms with Gasteiger partial charge in [0.2, 0.25) is 0 Å². The fraction of sp³-hybridized carbons (Fsp3) is 0.789. The van der Waals surface area contributed by atoms with Crippen LogP contribution in [0, 0.1) is 5.92 Å². The normalized spacial score (nSPS) is 16.0. The number of carbonyl (C=O) groups is 2. The maximum absolute atomic E-state index is 10.7. The molecule has 1 aliphatic carbocycles. The van der Waals surface area contributed by atoms with Gasteiger partial charge in [0, 0.05) is 0 Å². The van der Waals surface area contributed by atoms with Crippen molar-refractivity contribution in [2.24, 2.45) is 17.4 Å². The molecule has 1 aromatic rings. The molecule has 4 N–H and O–H groups in total. The van der Waals surface area contributed by atoms with Crippen molar-refractivity contribution >= 4 is 12.2 Å². The molecule has 2 atom stereocenters. The van der Waals surface area contributed by atoms with Gasteiger partial charge in [-0.15, -0.1) is 0 Å². The molecule has 0 radical (unpaired) electrons. The predicted molar refractivity (Wildman–Crippen MR) is 183 cm³/mol. The van der Waals surface area contributed by atoms with Gasteiger partial charge >= 0.3 is 12.2 Å². The maximum Gasteiger partial charge on any atom is 0.404 e. The van der Waals surface area contributed by atoms with Crippen LogP contribution in [0.4, 0.5) is 9.59 Å². The Labute approximate surface area is 269 Å². The zero-order chi connectivity index (χ0) is 31.8. The van der Waals surface area contributed by atoms with E-state index in [1.165, 1.54) is 128 Å². The Morgan fingerprint density at radius 2 is 1.18 bits per heavy atom. The Morgan fingerprint density at radius 1 is 0.659 bits per heavy atom. The highest BCUT2D eigenvalue weighted by Gasteiger charge is 2.30. The van der Waals surface area contributed by atoms with E-state index in [2.05, 4.69) is 26.0 Å². The average molecular weight is 615 g/mol. The van der Waals surface area contributed by atoms with E-state index >= 15 is 0 Å². The van der Waals surface area contributed by atoms with Crippen LogP contribution in [-0.4, -0.2) is 25.4 Å². The van der Waals surface area contributed by atoms with E-state index in [1.54, 1.807) is 22.3 Å². The molecule has 0 saturated carbocycles. The van der Waals surface area contributed by atoms with Gasteiger partial charge in [0.15, 0.2) is 0 Å². The van der Waals surface area contributed by atoms with Gasteiger partial charge in [0.1, 0.15) is 0 Å². The Bertz CT molecular complexity index is 918. The van der Waals surface area contributed by atoms with Crippen LogP contribution in [0.2, 0.25) is 0 Å². The van der Waals surface area contributed by atoms with E-state index in [9.17, 15) is 9.59 Å². The molecule has 252 valence electrons. The first kappa shape index (κ1) is 37.9. The van der Waals surface area contributed by atoms with E-state index in [1.807, 2.05) is 0 Å². The Hall–Kier alpha value is -2.24. The number of ether oxygens (including phenoxy) is 2. The highest BCUT2D eigenvalue weighted by molar-refractivity contribution is 5.64. The van der Waals surface area contributed by atoms with Crippen LogP contribution < -0.4 is 11.5 Å². The van der Waals surface area contributed by atoms with Crippen molar-refractivity contribution in [3.05, 3.63) is 34.4 Å². The minimum absolute atomic E-state index is 0.441. The van der Waals surface area contributed by atoms with Gasteiger partial charge in [0.05, 0.1) is 13.2 Å². The number of nitrogens with two attached hydrogens (primary N) is 2. The minimum Gasteiger partial charge on any atom is -0.450 e. The monoisotopic (exact) mass is 615 g/mol. The van der Waals surface area contributed by atoms with Gasteiger partial charge in [0.25, 0.3) is 0 Å². The van der Waals surface area contributed by atoms with Gasteiger partial charge in [-0.3, -0.25) is 0 Å². The quantitative estimate of drug-likeness (QED) is 0.101. The molecule has 0 aliphatic heterocycles. The van der Waals surface area contributed by atoms with Gasteiger partial charge in [-0.25, -0.2) is 9.59 Å². The van der Waals surface area contributed by atoms with Crippen LogP contribution in [0.3, 0.4) is 0 Å². The summed E-state index contributed by atoms with van der Waals surface area (Å²) in [5.41, 5.74) is 16.9. The smallest absolute Gasteiger partial charge is 0.404 e. The number of unbranched alkanes of at least 4 members (excludes halogenated alkanes) is 14. The number of primary amides is 2. The van der Waals surface area contributed by atoms with Crippen molar-refractivity contribution in [2.75, 3.05) is 13.2 Å². The highest BCUT2D eigenvalue weighted by Crippen LogP contribution is 2.44. The Balaban J connectivity index is 2.01. The lowest BCUT2D eigenvalue weighted by atomic mass is 9.69. The summed E-state index contributed by atoms with van der Waals surface area (Å²) in [5.74, 6) is 1.60. The maximum atomic E-state index is 10.7. The molecule has 0 fully saturated rings. The van der Waals surface area contributed by atoms with Crippen LogP contribution in [-0.2, 0) is 28.7 Å². The summed E-state index contributed by atoms with van der Waals surface area (Å²) >= 11 is 0. The molecule has 1 aliphatic rings. The number of hydrogen-bond acceptors (Lipinski definition) is 4. The van der Waals surface area contributed by atoms with Crippen LogP contribution in [0.5, 0.6) is 0 Å². The second-order valence-electron chi connectivity index (χ2n) is 13.2. The lowest BCUT2D eigenvalue weighted by Crippen LogP contribution is -2.23. The van der Waals surface area contributed by atoms with Crippen LogP contribution in [0.15, 0.2) is 12.1 Å². The summed E-state index contributed by atoms with van der Waals surface area (Å²) < 4.78 is 9.71. The third-order valence-electron chi connectivity index (χ3n) is 9.75. The fourth-order valence-electron chi connectivity index (χ4n) is 7.32. The van der Waals surface area contributed by atoms with Crippen LogP contribution in [0.1, 0.15) is 177 Å². The molecule has 0 saturated heterocycles. The molecule has 1 aromatic carbocycles. The van der Waals surface area contributed by atoms with E-state index in [4.69, 9.17) is 20.9 Å². The van der Waals surface area contributed by atoms with Crippen molar-refractivity contribution in [1.82, 2.24) is 0 Å². The molecular formula is C38H66N2O4. The number of rotatable bonds is 26. The molecular weight excluding hydrogens is 548 g/mol. The number of hydrogen-bond donors (Lipinski definition) is 2. The van der Waals surface area contributed by atoms with E-state index in [0.29, 0.717) is 13.2 Å². The highest BCUT2D eigenvalue weighted by atomic mass is 16.5. The zero-order valence-electron chi connectivity index (χ0n) is 28.5. The SMILES string of the molecule is CCCCCC1CCc2c(ccc(CCCCCCCCOC(N)=O)c2CCCCCCCCOC(N)=O)C1CCCCC. The molecule has 0 spiro atoms. The summed E-state index contributed by atoms with van der Waals surface area (Å²) in [5, 5.41) is 0. The van der Waals surface area contributed by atoms with Crippen molar-refractivity contribution in [3.8, 4) is 0 Å². The average Bonchev–Trinajstić information content (AvgIpc) is 3.00. The molecule has 2 rings (SSSR count). The third-order valence-corrected chi connectivity index (χ3v) is 9.75. The van der Waals surface area contributed by atoms with Gasteiger partial charge in [-0.1, -0.05) is 116 Å². The largest absolute Gasteiger partial charge is 0.450 e. The fourth-order valence-corrected chi connectivity index (χ4v) is 7.32. The van der Waals surface area contributed by atoms with Crippen molar-refractivity contribution in [1.29, 1.82) is 0 Å². The first-order chi connectivity index (χ1) is 21.5. The Morgan fingerprint density at radius 3 is 1.75 bits per heavy atom. The summed E-state index contributed by atoms with van der Waals surface area (Å²) in [7, 11) is 0. The van der Waals surface area contributed by atoms with E-state index in [-0.39, 0.29) is 0 Å². The molecule has 2 unspecified atom stereocenters. The summed E-state index contributed by atoms with van der Waals surface area (Å²) in [4.78, 5) is 21.5.